The largest absolute Gasteiger partial charge is 0.444 e. The number of alkyl carbamates (subject to hydrolysis) is 1. The fourth-order valence-electron chi connectivity index (χ4n) is 6.60. The van der Waals surface area contributed by atoms with Crippen LogP contribution in [-0.2, 0) is 35.2 Å². The van der Waals surface area contributed by atoms with Crippen LogP contribution in [0.2, 0.25) is 0 Å². The number of ether oxygens (including phenoxy) is 2. The topological polar surface area (TPSA) is 202 Å². The molecule has 0 radical (unpaired) electrons. The first-order chi connectivity index (χ1) is 26.8. The molecule has 0 aliphatic carbocycles. The molecule has 318 valence electrons. The number of thiazole rings is 1. The van der Waals surface area contributed by atoms with Gasteiger partial charge < -0.3 is 41.2 Å². The number of nitrogens with two attached hydrogens (primary N) is 1. The molecule has 1 aromatic heterocycles. The number of amides is 5. The maximum atomic E-state index is 13.9. The Labute approximate surface area is 342 Å². The lowest BCUT2D eigenvalue weighted by Gasteiger charge is -2.35. The first-order valence-electron chi connectivity index (χ1n) is 20.2. The molecule has 14 nitrogen and oxygen atoms in total. The standard InChI is InChI=1S/C42H66N6O8S/c1-28-36(57-27-45-28)30-18-16-29(17-19-30)24-44-38(52)33-23-32(49)25-48(33)39(53)37(41(2,3)4)47-35(51)15-13-11-9-8-10-12-14-22-55-26-31(20-21-34(43)50)46-40(54)56-42(5,6)7/h16-19,27,31-33,37,49H,8-15,20-26H2,1-7H3,(H2,43,50)(H,44,52)(H,46,54)(H,47,51). The molecule has 1 aromatic carbocycles. The number of β-amino-alcohol motifs (C(OH)–C–C–N with tert-alkyl or cyclic N) is 1. The van der Waals surface area contributed by atoms with Gasteiger partial charge >= 0.3 is 6.09 Å². The minimum atomic E-state index is -0.859. The zero-order valence-corrected chi connectivity index (χ0v) is 35.8. The molecule has 15 heteroatoms. The Morgan fingerprint density at radius 2 is 1.60 bits per heavy atom. The first kappa shape index (κ1) is 47.3. The zero-order valence-electron chi connectivity index (χ0n) is 35.0. The highest BCUT2D eigenvalue weighted by Crippen LogP contribution is 2.28. The number of nitrogens with one attached hydrogen (secondary N) is 3. The SMILES string of the molecule is Cc1ncsc1-c1ccc(CNC(=O)C2CC(O)CN2C(=O)C(NC(=O)CCCCCCCCCOCC(CCC(N)=O)NC(=O)OC(C)(C)C)C(C)(C)C)cc1. The molecular formula is C42H66N6O8S. The molecule has 6 N–H and O–H groups in total. The smallest absolute Gasteiger partial charge is 0.407 e. The molecule has 2 heterocycles. The molecule has 4 unspecified atom stereocenters. The van der Waals surface area contributed by atoms with Crippen LogP contribution in [0.15, 0.2) is 29.8 Å². The number of nitrogens with zero attached hydrogens (tertiary/aromatic N) is 2. The van der Waals surface area contributed by atoms with E-state index in [0.29, 0.717) is 19.4 Å². The Kier molecular flexibility index (Phi) is 18.9. The third-order valence-corrected chi connectivity index (χ3v) is 10.7. The van der Waals surface area contributed by atoms with Crippen LogP contribution in [0.3, 0.4) is 0 Å². The van der Waals surface area contributed by atoms with Crippen molar-refractivity contribution >= 4 is 41.1 Å². The number of likely N-dealkylation sites (tertiary alicyclic amines) is 1. The van der Waals surface area contributed by atoms with Gasteiger partial charge in [-0.1, -0.05) is 77.1 Å². The van der Waals surface area contributed by atoms with Gasteiger partial charge in [-0.2, -0.15) is 0 Å². The Balaban J connectivity index is 1.36. The van der Waals surface area contributed by atoms with Crippen LogP contribution in [0.4, 0.5) is 4.79 Å². The van der Waals surface area contributed by atoms with E-state index < -0.39 is 41.2 Å². The number of aromatic nitrogens is 1. The van der Waals surface area contributed by atoms with E-state index in [2.05, 4.69) is 20.9 Å². The second-order valence-electron chi connectivity index (χ2n) is 17.1. The summed E-state index contributed by atoms with van der Waals surface area (Å²) in [4.78, 5) is 70.6. The van der Waals surface area contributed by atoms with Crippen molar-refractivity contribution in [3.63, 3.8) is 0 Å². The Hall–Kier alpha value is -4.08. The molecule has 0 saturated carbocycles. The third kappa shape index (κ3) is 17.1. The zero-order chi connectivity index (χ0) is 42.2. The average molecular weight is 815 g/mol. The lowest BCUT2D eigenvalue weighted by molar-refractivity contribution is -0.144. The molecule has 4 atom stereocenters. The van der Waals surface area contributed by atoms with Gasteiger partial charge in [-0.25, -0.2) is 9.78 Å². The summed E-state index contributed by atoms with van der Waals surface area (Å²) >= 11 is 1.58. The number of aliphatic hydroxyl groups excluding tert-OH is 1. The van der Waals surface area contributed by atoms with E-state index in [1.807, 2.05) is 57.5 Å². The van der Waals surface area contributed by atoms with Gasteiger partial charge in [0.2, 0.25) is 23.6 Å². The fourth-order valence-corrected chi connectivity index (χ4v) is 7.41. The Morgan fingerprint density at radius 1 is 0.947 bits per heavy atom. The van der Waals surface area contributed by atoms with Crippen LogP contribution in [0.5, 0.6) is 0 Å². The molecule has 0 spiro atoms. The van der Waals surface area contributed by atoms with Crippen molar-refractivity contribution in [1.82, 2.24) is 25.8 Å². The predicted octanol–water partition coefficient (Wildman–Crippen LogP) is 5.52. The monoisotopic (exact) mass is 814 g/mol. The molecule has 1 aliphatic heterocycles. The molecule has 1 aliphatic rings. The van der Waals surface area contributed by atoms with Gasteiger partial charge in [0.1, 0.15) is 17.7 Å². The highest BCUT2D eigenvalue weighted by Gasteiger charge is 2.44. The quantitative estimate of drug-likeness (QED) is 0.0949. The van der Waals surface area contributed by atoms with Crippen molar-refractivity contribution in [2.75, 3.05) is 19.8 Å². The minimum absolute atomic E-state index is 0.0250. The number of aryl methyl sites for hydroxylation is 1. The van der Waals surface area contributed by atoms with E-state index >= 15 is 0 Å². The van der Waals surface area contributed by atoms with Crippen molar-refractivity contribution in [3.8, 4) is 10.4 Å². The van der Waals surface area contributed by atoms with Crippen LogP contribution in [-0.4, -0.2) is 94.3 Å². The number of rotatable bonds is 22. The van der Waals surface area contributed by atoms with Gasteiger partial charge in [-0.05, 0) is 63.5 Å². The summed E-state index contributed by atoms with van der Waals surface area (Å²) in [6.07, 6.45) is 5.95. The Morgan fingerprint density at radius 3 is 2.19 bits per heavy atom. The van der Waals surface area contributed by atoms with Gasteiger partial charge in [0, 0.05) is 39.0 Å². The van der Waals surface area contributed by atoms with E-state index in [9.17, 15) is 29.1 Å². The fraction of sp³-hybridized carbons (Fsp3) is 0.667. The van der Waals surface area contributed by atoms with E-state index in [1.54, 1.807) is 32.1 Å². The summed E-state index contributed by atoms with van der Waals surface area (Å²) < 4.78 is 11.1. The molecule has 5 amide bonds. The summed E-state index contributed by atoms with van der Waals surface area (Å²) in [5, 5.41) is 19.2. The Bertz CT molecular complexity index is 1600. The van der Waals surface area contributed by atoms with E-state index in [1.165, 1.54) is 4.90 Å². The maximum Gasteiger partial charge on any atom is 0.407 e. The first-order valence-corrected chi connectivity index (χ1v) is 21.1. The van der Waals surface area contributed by atoms with Gasteiger partial charge in [-0.3, -0.25) is 19.2 Å². The number of hydrogen-bond donors (Lipinski definition) is 5. The van der Waals surface area contributed by atoms with Crippen LogP contribution < -0.4 is 21.7 Å². The number of unbranched alkanes of at least 4 members (excludes halogenated alkanes) is 6. The van der Waals surface area contributed by atoms with Crippen molar-refractivity contribution in [1.29, 1.82) is 0 Å². The summed E-state index contributed by atoms with van der Waals surface area (Å²) in [6.45, 7) is 14.0. The van der Waals surface area contributed by atoms with Crippen LogP contribution in [0.1, 0.15) is 123 Å². The molecular weight excluding hydrogens is 749 g/mol. The van der Waals surface area contributed by atoms with Crippen LogP contribution in [0, 0.1) is 12.3 Å². The number of benzene rings is 1. The van der Waals surface area contributed by atoms with Gasteiger partial charge in [0.25, 0.3) is 0 Å². The van der Waals surface area contributed by atoms with Crippen molar-refractivity contribution in [2.24, 2.45) is 11.1 Å². The second-order valence-corrected chi connectivity index (χ2v) is 17.9. The van der Waals surface area contributed by atoms with Crippen LogP contribution in [0.25, 0.3) is 10.4 Å². The highest BCUT2D eigenvalue weighted by atomic mass is 32.1. The number of carbonyl (C=O) groups excluding carboxylic acids is 5. The average Bonchev–Trinajstić information content (AvgIpc) is 3.74. The normalized spacial score (nSPS) is 16.8. The molecule has 3 rings (SSSR count). The number of aliphatic hydroxyl groups is 1. The second kappa shape index (κ2) is 22.8. The molecule has 57 heavy (non-hydrogen) atoms. The summed E-state index contributed by atoms with van der Waals surface area (Å²) in [5.74, 6) is -1.37. The van der Waals surface area contributed by atoms with E-state index in [4.69, 9.17) is 15.2 Å². The van der Waals surface area contributed by atoms with E-state index in [-0.39, 0.29) is 62.7 Å². The summed E-state index contributed by atoms with van der Waals surface area (Å²) in [6, 6.07) is 5.83. The predicted molar refractivity (Wildman–Crippen MR) is 221 cm³/mol. The van der Waals surface area contributed by atoms with E-state index in [0.717, 1.165) is 60.2 Å². The van der Waals surface area contributed by atoms with Gasteiger partial charge in [0.05, 0.1) is 34.8 Å². The number of hydrogen-bond acceptors (Lipinski definition) is 10. The lowest BCUT2D eigenvalue weighted by atomic mass is 9.85. The molecule has 1 fully saturated rings. The van der Waals surface area contributed by atoms with Gasteiger partial charge in [-0.15, -0.1) is 11.3 Å². The van der Waals surface area contributed by atoms with Crippen molar-refractivity contribution in [2.45, 2.75) is 155 Å². The van der Waals surface area contributed by atoms with Crippen LogP contribution >= 0.6 is 11.3 Å². The summed E-state index contributed by atoms with van der Waals surface area (Å²) in [5.41, 5.74) is 8.78. The maximum absolute atomic E-state index is 13.9. The number of primary amides is 1. The minimum Gasteiger partial charge on any atom is -0.444 e. The molecule has 0 bridgehead atoms. The van der Waals surface area contributed by atoms with Gasteiger partial charge in [0.15, 0.2) is 0 Å². The highest BCUT2D eigenvalue weighted by molar-refractivity contribution is 7.13. The van der Waals surface area contributed by atoms with Crippen molar-refractivity contribution < 1.29 is 38.6 Å². The summed E-state index contributed by atoms with van der Waals surface area (Å²) in [7, 11) is 0. The lowest BCUT2D eigenvalue weighted by Crippen LogP contribution is -2.57. The third-order valence-electron chi connectivity index (χ3n) is 9.68. The molecule has 1 saturated heterocycles. The van der Waals surface area contributed by atoms with Crippen molar-refractivity contribution in [3.05, 3.63) is 41.0 Å². The molecule has 2 aromatic rings. The number of carbonyl (C=O) groups is 5.